The van der Waals surface area contributed by atoms with Crippen LogP contribution in [0.4, 0.5) is 30.6 Å². The molecule has 0 radical (unpaired) electrons. The van der Waals surface area contributed by atoms with Gasteiger partial charge in [-0.05, 0) is 81.2 Å². The Morgan fingerprint density at radius 3 is 2.33 bits per heavy atom. The van der Waals surface area contributed by atoms with Crippen molar-refractivity contribution >= 4 is 51.7 Å². The quantitative estimate of drug-likeness (QED) is 0.227. The molecule has 0 unspecified atom stereocenters. The summed E-state index contributed by atoms with van der Waals surface area (Å²) >= 11 is 0. The molecule has 17 heteroatoms. The summed E-state index contributed by atoms with van der Waals surface area (Å²) < 4.78 is 39.6. The van der Waals surface area contributed by atoms with Crippen molar-refractivity contribution in [1.82, 2.24) is 29.5 Å². The lowest BCUT2D eigenvalue weighted by atomic mass is 9.85. The van der Waals surface area contributed by atoms with Crippen molar-refractivity contribution in [1.29, 1.82) is 0 Å². The first-order chi connectivity index (χ1) is 29.0. The Labute approximate surface area is 345 Å². The molecular weight excluding hydrogens is 777 g/mol. The number of halogens is 2. The van der Waals surface area contributed by atoms with Gasteiger partial charge in [-0.25, -0.2) is 13.6 Å². The maximum Gasteiger partial charge on any atom is 0.328 e. The molecule has 0 spiro atoms. The summed E-state index contributed by atoms with van der Waals surface area (Å²) in [6.45, 7) is 4.57. The first-order valence-electron chi connectivity index (χ1n) is 21.0. The molecule has 316 valence electrons. The molecule has 2 N–H and O–H groups in total. The number of nitrogens with zero attached hydrogens (tertiary/aromatic N) is 7. The van der Waals surface area contributed by atoms with Gasteiger partial charge in [-0.2, -0.15) is 5.10 Å². The maximum atomic E-state index is 15.2. The van der Waals surface area contributed by atoms with Gasteiger partial charge in [0.15, 0.2) is 11.6 Å². The number of nitrogens with one attached hydrogen (secondary N) is 2. The highest BCUT2D eigenvalue weighted by Gasteiger charge is 2.36. The second-order valence-corrected chi connectivity index (χ2v) is 16.8. The van der Waals surface area contributed by atoms with E-state index in [1.54, 1.807) is 30.0 Å². The van der Waals surface area contributed by atoms with Crippen LogP contribution >= 0.6 is 0 Å². The normalized spacial score (nSPS) is 22.6. The number of aromatic nitrogens is 3. The first-order valence-corrected chi connectivity index (χ1v) is 21.0. The molecule has 5 aliphatic rings. The number of carbonyl (C=O) groups excluding carboxylic acids is 4. The van der Waals surface area contributed by atoms with E-state index in [1.165, 1.54) is 12.1 Å². The minimum absolute atomic E-state index is 0.0454. The topological polar surface area (TPSA) is 154 Å². The Balaban J connectivity index is 0.745. The van der Waals surface area contributed by atoms with Gasteiger partial charge in [0.05, 0.1) is 30.3 Å². The zero-order valence-electron chi connectivity index (χ0n) is 33.6. The Morgan fingerprint density at radius 1 is 0.900 bits per heavy atom. The van der Waals surface area contributed by atoms with Crippen molar-refractivity contribution in [2.24, 2.45) is 11.8 Å². The number of pyridine rings is 1. The van der Waals surface area contributed by atoms with Crippen molar-refractivity contribution in [2.75, 3.05) is 74.6 Å². The van der Waals surface area contributed by atoms with Gasteiger partial charge in [0.25, 0.3) is 11.5 Å². The average Bonchev–Trinajstić information content (AvgIpc) is 3.80. The van der Waals surface area contributed by atoms with E-state index in [-0.39, 0.29) is 48.0 Å². The molecule has 15 nitrogen and oxygen atoms in total. The number of ether oxygens (including phenoxy) is 1. The van der Waals surface area contributed by atoms with Crippen molar-refractivity contribution in [3.05, 3.63) is 76.3 Å². The predicted octanol–water partition coefficient (Wildman–Crippen LogP) is 4.92. The molecule has 60 heavy (non-hydrogen) atoms. The lowest BCUT2D eigenvalue weighted by molar-refractivity contribution is -0.136. The molecule has 2 aliphatic carbocycles. The Morgan fingerprint density at radius 2 is 1.63 bits per heavy atom. The van der Waals surface area contributed by atoms with Crippen LogP contribution < -0.4 is 30.7 Å². The number of imide groups is 1. The van der Waals surface area contributed by atoms with Crippen molar-refractivity contribution in [3.63, 3.8) is 0 Å². The molecule has 2 saturated carbocycles. The fraction of sp³-hybridized carbons (Fsp3) is 0.488. The molecule has 2 aromatic heterocycles. The molecular formula is C43H49F2N9O6. The number of rotatable bonds is 10. The lowest BCUT2D eigenvalue weighted by Gasteiger charge is -2.39. The Hall–Kier alpha value is -5.84. The smallest absolute Gasteiger partial charge is 0.328 e. The van der Waals surface area contributed by atoms with Gasteiger partial charge in [-0.1, -0.05) is 0 Å². The largest absolute Gasteiger partial charge is 0.494 e. The molecule has 3 saturated heterocycles. The Bertz CT molecular complexity index is 2380. The minimum Gasteiger partial charge on any atom is -0.494 e. The van der Waals surface area contributed by atoms with E-state index in [2.05, 4.69) is 15.5 Å². The SMILES string of the molecule is COc1cc2nn(C3CCC(CN4CCN(C(=O)[C@@H]5CCN(c6cc(F)c(N7CCC(=O)NC7=O)c(F)c6)C5)CC4)CC3)cc2cc1NC(=O)c1cccn(C2CC2)c1=O. The average molecular weight is 826 g/mol. The van der Waals surface area contributed by atoms with Gasteiger partial charge in [0.2, 0.25) is 11.8 Å². The molecule has 5 amide bonds. The van der Waals surface area contributed by atoms with Crippen molar-refractivity contribution < 1.29 is 32.7 Å². The first kappa shape index (κ1) is 39.6. The number of methoxy groups -OCH3 is 1. The van der Waals surface area contributed by atoms with Crippen LogP contribution in [0.1, 0.15) is 73.8 Å². The molecule has 5 fully saturated rings. The molecule has 5 heterocycles. The van der Waals surface area contributed by atoms with Crippen LogP contribution in [0.2, 0.25) is 0 Å². The maximum absolute atomic E-state index is 15.2. The monoisotopic (exact) mass is 825 g/mol. The highest BCUT2D eigenvalue weighted by Crippen LogP contribution is 2.37. The van der Waals surface area contributed by atoms with E-state index >= 15 is 8.78 Å². The number of hydrogen-bond acceptors (Lipinski definition) is 9. The number of anilines is 3. The number of benzene rings is 2. The summed E-state index contributed by atoms with van der Waals surface area (Å²) in [6, 6.07) is 8.90. The van der Waals surface area contributed by atoms with Gasteiger partial charge in [-0.15, -0.1) is 0 Å². The number of urea groups is 1. The summed E-state index contributed by atoms with van der Waals surface area (Å²) in [5.74, 6) is -1.95. The fourth-order valence-corrected chi connectivity index (χ4v) is 9.37. The molecule has 4 aromatic rings. The van der Waals surface area contributed by atoms with Crippen molar-refractivity contribution in [3.8, 4) is 5.75 Å². The van der Waals surface area contributed by atoms with Gasteiger partial charge < -0.3 is 24.4 Å². The highest BCUT2D eigenvalue weighted by molar-refractivity contribution is 6.06. The van der Waals surface area contributed by atoms with E-state index in [0.29, 0.717) is 55.6 Å². The molecule has 0 bridgehead atoms. The summed E-state index contributed by atoms with van der Waals surface area (Å²) in [7, 11) is 1.54. The molecule has 9 rings (SSSR count). The van der Waals surface area contributed by atoms with Gasteiger partial charge in [0.1, 0.15) is 17.0 Å². The summed E-state index contributed by atoms with van der Waals surface area (Å²) in [5.41, 5.74) is 0.885. The third kappa shape index (κ3) is 7.94. The van der Waals surface area contributed by atoms with Crippen LogP contribution in [0.15, 0.2) is 53.6 Å². The fourth-order valence-electron chi connectivity index (χ4n) is 9.37. The van der Waals surface area contributed by atoms with E-state index in [9.17, 15) is 24.0 Å². The highest BCUT2D eigenvalue weighted by atomic mass is 19.1. The third-order valence-corrected chi connectivity index (χ3v) is 12.9. The zero-order valence-corrected chi connectivity index (χ0v) is 33.6. The second-order valence-electron chi connectivity index (χ2n) is 16.8. The van der Waals surface area contributed by atoms with Crippen LogP contribution in [-0.4, -0.2) is 107 Å². The standard InChI is InChI=1S/C43H49F2N9O6/c1-60-37-22-35-28(19-36(37)46-40(56)32-3-2-12-52(42(32)58)29-8-9-29)25-54(48-35)30-6-4-26(5-7-30)23-49-15-17-50(18-16-49)41(57)27-10-13-51(24-27)31-20-33(44)39(34(45)21-31)53-14-11-38(55)47-43(53)59/h2-3,12,19-22,25-27,29-30H,4-11,13-18,23-24H2,1H3,(H,46,56)(H,47,55,59)/t26?,27-,30?/m1/s1. The number of amides is 5. The van der Waals surface area contributed by atoms with E-state index in [0.717, 1.165) is 74.0 Å². The van der Waals surface area contributed by atoms with E-state index in [1.807, 2.05) is 32.8 Å². The van der Waals surface area contributed by atoms with Crippen molar-refractivity contribution in [2.45, 2.75) is 63.5 Å². The van der Waals surface area contributed by atoms with Crippen LogP contribution in [0.5, 0.6) is 5.75 Å². The van der Waals surface area contributed by atoms with Gasteiger partial charge in [-0.3, -0.25) is 39.0 Å². The summed E-state index contributed by atoms with van der Waals surface area (Å²) in [6.07, 6.45) is 10.3. The number of piperazine rings is 1. The Kier molecular flexibility index (Phi) is 10.8. The second kappa shape index (κ2) is 16.3. The van der Waals surface area contributed by atoms with E-state index in [4.69, 9.17) is 9.84 Å². The predicted molar refractivity (Wildman–Crippen MR) is 219 cm³/mol. The van der Waals surface area contributed by atoms with E-state index < -0.39 is 35.2 Å². The van der Waals surface area contributed by atoms with Crippen LogP contribution in [0.25, 0.3) is 10.9 Å². The molecule has 1 atom stereocenters. The minimum atomic E-state index is -0.894. The van der Waals surface area contributed by atoms with Gasteiger partial charge in [0, 0.05) is 94.4 Å². The zero-order chi connectivity index (χ0) is 41.7. The van der Waals surface area contributed by atoms with Crippen LogP contribution in [0, 0.1) is 23.5 Å². The number of fused-ring (bicyclic) bond motifs is 1. The van der Waals surface area contributed by atoms with Gasteiger partial charge >= 0.3 is 6.03 Å². The molecule has 2 aromatic carbocycles. The summed E-state index contributed by atoms with van der Waals surface area (Å²) in [5, 5.41) is 10.7. The van der Waals surface area contributed by atoms with Crippen LogP contribution in [0.3, 0.4) is 0 Å². The third-order valence-electron chi connectivity index (χ3n) is 12.9. The molecule has 3 aliphatic heterocycles. The lowest BCUT2D eigenvalue weighted by Crippen LogP contribution is -2.51. The number of carbonyl (C=O) groups is 4. The number of hydrogen-bond donors (Lipinski definition) is 2. The summed E-state index contributed by atoms with van der Waals surface area (Å²) in [4.78, 5) is 70.6. The van der Waals surface area contributed by atoms with Crippen LogP contribution in [-0.2, 0) is 9.59 Å².